The predicted molar refractivity (Wildman–Crippen MR) is 85.9 cm³/mol. The summed E-state index contributed by atoms with van der Waals surface area (Å²) in [5.41, 5.74) is 0. The van der Waals surface area contributed by atoms with Crippen molar-refractivity contribution < 1.29 is 19.7 Å². The van der Waals surface area contributed by atoms with Gasteiger partial charge in [-0.05, 0) is 48.5 Å². The Hall–Kier alpha value is -1.46. The highest BCUT2D eigenvalue weighted by Gasteiger charge is 2.18. The molecule has 2 N–H and O–H groups in total. The molecule has 0 saturated carbocycles. The first-order chi connectivity index (χ1) is 10.5. The van der Waals surface area contributed by atoms with Crippen LogP contribution in [0.15, 0.2) is 48.5 Å². The van der Waals surface area contributed by atoms with Crippen LogP contribution in [0, 0.1) is 0 Å². The average molecular weight is 343 g/mol. The van der Waals surface area contributed by atoms with E-state index in [1.54, 1.807) is 48.5 Å². The second-order valence-corrected chi connectivity index (χ2v) is 5.54. The van der Waals surface area contributed by atoms with E-state index < -0.39 is 12.2 Å². The smallest absolute Gasteiger partial charge is 0.119 e. The lowest BCUT2D eigenvalue weighted by Gasteiger charge is -2.19. The lowest BCUT2D eigenvalue weighted by Crippen LogP contribution is -2.36. The normalized spacial score (nSPS) is 13.5. The number of aliphatic hydroxyl groups is 2. The van der Waals surface area contributed by atoms with Crippen molar-refractivity contribution >= 4 is 23.2 Å². The highest BCUT2D eigenvalue weighted by molar-refractivity contribution is 6.30. The monoisotopic (exact) mass is 342 g/mol. The van der Waals surface area contributed by atoms with Crippen LogP contribution in [0.4, 0.5) is 0 Å². The maximum absolute atomic E-state index is 9.85. The van der Waals surface area contributed by atoms with Crippen LogP contribution in [-0.2, 0) is 0 Å². The van der Waals surface area contributed by atoms with Crippen molar-refractivity contribution in [1.29, 1.82) is 0 Å². The molecule has 2 atom stereocenters. The molecule has 0 aliphatic carbocycles. The van der Waals surface area contributed by atoms with Gasteiger partial charge in [0.1, 0.15) is 36.9 Å². The molecule has 0 amide bonds. The number of ether oxygens (including phenoxy) is 2. The van der Waals surface area contributed by atoms with Crippen LogP contribution in [0.1, 0.15) is 0 Å². The molecule has 0 fully saturated rings. The van der Waals surface area contributed by atoms with Crippen molar-refractivity contribution in [3.8, 4) is 11.5 Å². The van der Waals surface area contributed by atoms with E-state index in [-0.39, 0.29) is 13.2 Å². The zero-order valence-corrected chi connectivity index (χ0v) is 13.2. The minimum absolute atomic E-state index is 0.0488. The highest BCUT2D eigenvalue weighted by Crippen LogP contribution is 2.17. The minimum atomic E-state index is -1.07. The molecule has 6 heteroatoms. The van der Waals surface area contributed by atoms with Crippen LogP contribution in [0.3, 0.4) is 0 Å². The molecule has 0 saturated heterocycles. The van der Waals surface area contributed by atoms with Gasteiger partial charge < -0.3 is 19.7 Å². The molecule has 0 spiro atoms. The number of benzene rings is 2. The van der Waals surface area contributed by atoms with Crippen molar-refractivity contribution in [2.75, 3.05) is 13.2 Å². The molecule has 22 heavy (non-hydrogen) atoms. The molecule has 2 aromatic rings. The Morgan fingerprint density at radius 1 is 0.682 bits per heavy atom. The minimum Gasteiger partial charge on any atom is -0.491 e. The van der Waals surface area contributed by atoms with Crippen LogP contribution in [0.5, 0.6) is 11.5 Å². The zero-order chi connectivity index (χ0) is 15.9. The molecular formula is C16H16Cl2O4. The first-order valence-electron chi connectivity index (χ1n) is 6.67. The molecule has 2 rings (SSSR count). The summed E-state index contributed by atoms with van der Waals surface area (Å²) in [7, 11) is 0. The van der Waals surface area contributed by atoms with E-state index in [1.165, 1.54) is 0 Å². The Balaban J connectivity index is 1.75. The molecule has 0 aliphatic rings. The second-order valence-electron chi connectivity index (χ2n) is 4.66. The fraction of sp³-hybridized carbons (Fsp3) is 0.250. The summed E-state index contributed by atoms with van der Waals surface area (Å²) in [6.45, 7) is -0.0977. The topological polar surface area (TPSA) is 58.9 Å². The maximum Gasteiger partial charge on any atom is 0.119 e. The Bertz CT molecular complexity index is 518. The van der Waals surface area contributed by atoms with Gasteiger partial charge in [0.2, 0.25) is 0 Å². The summed E-state index contributed by atoms with van der Waals surface area (Å²) in [5.74, 6) is 1.13. The van der Waals surface area contributed by atoms with E-state index in [1.807, 2.05) is 0 Å². The SMILES string of the molecule is O[C@H](COc1ccc(Cl)cc1)[C@H](O)COc1ccc(Cl)cc1. The van der Waals surface area contributed by atoms with E-state index >= 15 is 0 Å². The average Bonchev–Trinajstić information content (AvgIpc) is 2.53. The number of rotatable bonds is 7. The highest BCUT2D eigenvalue weighted by atomic mass is 35.5. The third-order valence-electron chi connectivity index (χ3n) is 2.91. The second kappa shape index (κ2) is 8.25. The number of halogens is 2. The summed E-state index contributed by atoms with van der Waals surface area (Å²) in [6.07, 6.45) is -2.13. The van der Waals surface area contributed by atoms with Crippen molar-refractivity contribution in [2.45, 2.75) is 12.2 Å². The number of hydrogen-bond acceptors (Lipinski definition) is 4. The lowest BCUT2D eigenvalue weighted by molar-refractivity contribution is -0.0288. The molecule has 4 nitrogen and oxygen atoms in total. The first-order valence-corrected chi connectivity index (χ1v) is 7.43. The molecular weight excluding hydrogens is 327 g/mol. The predicted octanol–water partition coefficient (Wildman–Crippen LogP) is 3.17. The summed E-state index contributed by atoms with van der Waals surface area (Å²) >= 11 is 11.5. The Labute approximate surface area is 138 Å². The van der Waals surface area contributed by atoms with Crippen molar-refractivity contribution in [2.24, 2.45) is 0 Å². The molecule has 2 aromatic carbocycles. The molecule has 0 radical (unpaired) electrons. The maximum atomic E-state index is 9.85. The fourth-order valence-corrected chi connectivity index (χ4v) is 1.90. The Morgan fingerprint density at radius 2 is 1.00 bits per heavy atom. The van der Waals surface area contributed by atoms with Gasteiger partial charge in [-0.15, -0.1) is 0 Å². The van der Waals surface area contributed by atoms with Gasteiger partial charge in [-0.2, -0.15) is 0 Å². The zero-order valence-electron chi connectivity index (χ0n) is 11.7. The largest absolute Gasteiger partial charge is 0.491 e. The summed E-state index contributed by atoms with van der Waals surface area (Å²) in [5, 5.41) is 20.9. The Kier molecular flexibility index (Phi) is 6.34. The molecule has 0 aliphatic heterocycles. The van der Waals surface area contributed by atoms with Crippen LogP contribution in [-0.4, -0.2) is 35.6 Å². The standard InChI is InChI=1S/C16H16Cl2O4/c17-11-1-5-13(6-2-11)21-9-15(19)16(20)10-22-14-7-3-12(18)4-8-14/h1-8,15-16,19-20H,9-10H2/t15-,16-/m1/s1. The summed E-state index contributed by atoms with van der Waals surface area (Å²) in [6, 6.07) is 13.5. The van der Waals surface area contributed by atoms with Crippen molar-refractivity contribution in [3.05, 3.63) is 58.6 Å². The van der Waals surface area contributed by atoms with E-state index in [2.05, 4.69) is 0 Å². The van der Waals surface area contributed by atoms with Gasteiger partial charge in [0.15, 0.2) is 0 Å². The van der Waals surface area contributed by atoms with Crippen LogP contribution >= 0.6 is 23.2 Å². The van der Waals surface area contributed by atoms with E-state index in [0.29, 0.717) is 21.5 Å². The Morgan fingerprint density at radius 3 is 1.32 bits per heavy atom. The summed E-state index contributed by atoms with van der Waals surface area (Å²) < 4.78 is 10.7. The first kappa shape index (κ1) is 16.9. The summed E-state index contributed by atoms with van der Waals surface area (Å²) in [4.78, 5) is 0. The van der Waals surface area contributed by atoms with Crippen LogP contribution in [0.25, 0.3) is 0 Å². The van der Waals surface area contributed by atoms with Crippen molar-refractivity contribution in [3.63, 3.8) is 0 Å². The van der Waals surface area contributed by atoms with Gasteiger partial charge in [-0.1, -0.05) is 23.2 Å². The van der Waals surface area contributed by atoms with Gasteiger partial charge >= 0.3 is 0 Å². The third-order valence-corrected chi connectivity index (χ3v) is 3.42. The van der Waals surface area contributed by atoms with Crippen LogP contribution in [0.2, 0.25) is 10.0 Å². The van der Waals surface area contributed by atoms with Gasteiger partial charge in [0.05, 0.1) is 0 Å². The fourth-order valence-electron chi connectivity index (χ4n) is 1.65. The van der Waals surface area contributed by atoms with Crippen LogP contribution < -0.4 is 9.47 Å². The van der Waals surface area contributed by atoms with Gasteiger partial charge in [-0.3, -0.25) is 0 Å². The van der Waals surface area contributed by atoms with Crippen molar-refractivity contribution in [1.82, 2.24) is 0 Å². The molecule has 0 unspecified atom stereocenters. The molecule has 0 heterocycles. The van der Waals surface area contributed by atoms with Gasteiger partial charge in [0.25, 0.3) is 0 Å². The quantitative estimate of drug-likeness (QED) is 0.811. The molecule has 0 aromatic heterocycles. The number of hydrogen-bond donors (Lipinski definition) is 2. The lowest BCUT2D eigenvalue weighted by atomic mass is 10.2. The van der Waals surface area contributed by atoms with Gasteiger partial charge in [-0.25, -0.2) is 0 Å². The molecule has 118 valence electrons. The van der Waals surface area contributed by atoms with E-state index in [0.717, 1.165) is 0 Å². The van der Waals surface area contributed by atoms with Gasteiger partial charge in [0, 0.05) is 10.0 Å². The molecule has 0 bridgehead atoms. The van der Waals surface area contributed by atoms with E-state index in [4.69, 9.17) is 32.7 Å². The third kappa shape index (κ3) is 5.39. The van der Waals surface area contributed by atoms with E-state index in [9.17, 15) is 10.2 Å². The number of aliphatic hydroxyl groups excluding tert-OH is 2.